The van der Waals surface area contributed by atoms with Crippen molar-refractivity contribution in [2.24, 2.45) is 5.41 Å². The summed E-state index contributed by atoms with van der Waals surface area (Å²) in [7, 11) is 2.24. The molecule has 0 saturated carbocycles. The zero-order chi connectivity index (χ0) is 11.7. The minimum Gasteiger partial charge on any atom is -0.306 e. The molecule has 2 fully saturated rings. The van der Waals surface area contributed by atoms with Crippen LogP contribution in [0, 0.1) is 5.41 Å². The normalized spacial score (nSPS) is 24.8. The number of nitrogens with zero attached hydrogens (tertiary/aromatic N) is 3. The molecule has 2 saturated heterocycles. The largest absolute Gasteiger partial charge is 0.306 e. The Balaban J connectivity index is 1.51. The molecule has 0 bridgehead atoms. The van der Waals surface area contributed by atoms with Crippen LogP contribution in [0.1, 0.15) is 18.4 Å². The van der Waals surface area contributed by atoms with Gasteiger partial charge in [0.15, 0.2) is 0 Å². The summed E-state index contributed by atoms with van der Waals surface area (Å²) in [6, 6.07) is 4.20. The maximum absolute atomic E-state index is 4.18. The molecule has 92 valence electrons. The number of hydrogen-bond acceptors (Lipinski definition) is 3. The van der Waals surface area contributed by atoms with Crippen LogP contribution in [0.25, 0.3) is 0 Å². The van der Waals surface area contributed by atoms with E-state index in [-0.39, 0.29) is 0 Å². The fourth-order valence-electron chi connectivity index (χ4n) is 3.17. The molecule has 3 heteroatoms. The van der Waals surface area contributed by atoms with E-state index in [2.05, 4.69) is 27.9 Å². The van der Waals surface area contributed by atoms with Gasteiger partial charge in [0.2, 0.25) is 0 Å². The van der Waals surface area contributed by atoms with Crippen LogP contribution >= 0.6 is 0 Å². The minimum absolute atomic E-state index is 0.648. The van der Waals surface area contributed by atoms with Gasteiger partial charge in [-0.1, -0.05) is 6.07 Å². The summed E-state index contributed by atoms with van der Waals surface area (Å²) >= 11 is 0. The highest BCUT2D eigenvalue weighted by molar-refractivity contribution is 5.10. The summed E-state index contributed by atoms with van der Waals surface area (Å²) in [6.45, 7) is 6.21. The molecule has 1 spiro atoms. The molecule has 1 aromatic rings. The molecule has 0 aromatic carbocycles. The number of aromatic nitrogens is 1. The monoisotopic (exact) mass is 231 g/mol. The molecule has 17 heavy (non-hydrogen) atoms. The van der Waals surface area contributed by atoms with Gasteiger partial charge in [0.05, 0.1) is 0 Å². The lowest BCUT2D eigenvalue weighted by molar-refractivity contribution is -0.0471. The topological polar surface area (TPSA) is 19.4 Å². The van der Waals surface area contributed by atoms with E-state index in [0.29, 0.717) is 5.41 Å². The number of rotatable bonds is 2. The highest BCUT2D eigenvalue weighted by atomic mass is 15.2. The van der Waals surface area contributed by atoms with E-state index in [1.165, 1.54) is 44.6 Å². The Bertz CT molecular complexity index is 360. The average molecular weight is 231 g/mol. The lowest BCUT2D eigenvalue weighted by Crippen LogP contribution is -2.59. The summed E-state index contributed by atoms with van der Waals surface area (Å²) in [6.07, 6.45) is 6.60. The van der Waals surface area contributed by atoms with Crippen LogP contribution in [0.15, 0.2) is 24.5 Å². The molecule has 3 nitrogen and oxygen atoms in total. The first kappa shape index (κ1) is 11.2. The summed E-state index contributed by atoms with van der Waals surface area (Å²) in [5, 5.41) is 0. The van der Waals surface area contributed by atoms with Crippen molar-refractivity contribution in [3.63, 3.8) is 0 Å². The van der Waals surface area contributed by atoms with Crippen LogP contribution in [-0.4, -0.2) is 48.0 Å². The Kier molecular flexibility index (Phi) is 2.89. The van der Waals surface area contributed by atoms with Crippen molar-refractivity contribution in [2.75, 3.05) is 33.2 Å². The van der Waals surface area contributed by atoms with Gasteiger partial charge in [-0.15, -0.1) is 0 Å². The predicted molar refractivity (Wildman–Crippen MR) is 68.7 cm³/mol. The Morgan fingerprint density at radius 3 is 2.71 bits per heavy atom. The Morgan fingerprint density at radius 1 is 1.29 bits per heavy atom. The van der Waals surface area contributed by atoms with Crippen LogP contribution in [0.4, 0.5) is 0 Å². The third kappa shape index (κ3) is 2.35. The quantitative estimate of drug-likeness (QED) is 0.771. The van der Waals surface area contributed by atoms with Crippen LogP contribution in [0.5, 0.6) is 0 Å². The number of hydrogen-bond donors (Lipinski definition) is 0. The molecule has 1 aromatic heterocycles. The maximum Gasteiger partial charge on any atom is 0.0312 e. The van der Waals surface area contributed by atoms with Crippen molar-refractivity contribution in [3.05, 3.63) is 30.1 Å². The van der Waals surface area contributed by atoms with Crippen molar-refractivity contribution < 1.29 is 0 Å². The van der Waals surface area contributed by atoms with E-state index in [1.807, 2.05) is 18.5 Å². The van der Waals surface area contributed by atoms with Crippen molar-refractivity contribution in [1.82, 2.24) is 14.8 Å². The molecule has 2 aliphatic rings. The predicted octanol–water partition coefficient (Wildman–Crippen LogP) is 1.61. The fraction of sp³-hybridized carbons (Fsp3) is 0.643. The van der Waals surface area contributed by atoms with Gasteiger partial charge in [-0.05, 0) is 50.0 Å². The maximum atomic E-state index is 4.18. The Hall–Kier alpha value is -0.930. The summed E-state index contributed by atoms with van der Waals surface area (Å²) in [5.74, 6) is 0. The first-order valence-corrected chi connectivity index (χ1v) is 6.56. The summed E-state index contributed by atoms with van der Waals surface area (Å²) < 4.78 is 0. The molecule has 0 aliphatic carbocycles. The molecule has 0 unspecified atom stereocenters. The van der Waals surface area contributed by atoms with E-state index < -0.39 is 0 Å². The SMILES string of the molecule is CN1CCC2(CC1)CN(Cc1cccnc1)C2. The highest BCUT2D eigenvalue weighted by Gasteiger charge is 2.43. The molecule has 0 atom stereocenters. The molecule has 0 radical (unpaired) electrons. The zero-order valence-electron chi connectivity index (χ0n) is 10.6. The molecular formula is C14H21N3. The van der Waals surface area contributed by atoms with Crippen LogP contribution in [-0.2, 0) is 6.54 Å². The van der Waals surface area contributed by atoms with Crippen molar-refractivity contribution >= 4 is 0 Å². The second kappa shape index (κ2) is 4.39. The first-order chi connectivity index (χ1) is 8.26. The van der Waals surface area contributed by atoms with Crippen LogP contribution in [0.2, 0.25) is 0 Å². The van der Waals surface area contributed by atoms with Crippen molar-refractivity contribution in [1.29, 1.82) is 0 Å². The number of piperidine rings is 1. The van der Waals surface area contributed by atoms with E-state index in [9.17, 15) is 0 Å². The third-order valence-corrected chi connectivity index (χ3v) is 4.29. The van der Waals surface area contributed by atoms with Gasteiger partial charge in [-0.25, -0.2) is 0 Å². The van der Waals surface area contributed by atoms with E-state index >= 15 is 0 Å². The van der Waals surface area contributed by atoms with Gasteiger partial charge in [0.25, 0.3) is 0 Å². The second-order valence-electron chi connectivity index (χ2n) is 5.81. The molecule has 0 N–H and O–H groups in total. The van der Waals surface area contributed by atoms with Crippen LogP contribution in [0.3, 0.4) is 0 Å². The molecule has 3 heterocycles. The first-order valence-electron chi connectivity index (χ1n) is 6.56. The van der Waals surface area contributed by atoms with Gasteiger partial charge in [0, 0.05) is 32.0 Å². The highest BCUT2D eigenvalue weighted by Crippen LogP contribution is 2.40. The van der Waals surface area contributed by atoms with Gasteiger partial charge in [-0.3, -0.25) is 9.88 Å². The molecule has 0 amide bonds. The summed E-state index contributed by atoms with van der Waals surface area (Å²) in [5.41, 5.74) is 1.99. The lowest BCUT2D eigenvalue weighted by Gasteiger charge is -2.53. The second-order valence-corrected chi connectivity index (χ2v) is 5.81. The smallest absolute Gasteiger partial charge is 0.0312 e. The van der Waals surface area contributed by atoms with Crippen molar-refractivity contribution in [2.45, 2.75) is 19.4 Å². The fourth-order valence-corrected chi connectivity index (χ4v) is 3.17. The number of pyridine rings is 1. The standard InChI is InChI=1S/C14H21N3/c1-16-7-4-14(5-8-16)11-17(12-14)10-13-3-2-6-15-9-13/h2-3,6,9H,4-5,7-8,10-12H2,1H3. The van der Waals surface area contributed by atoms with Gasteiger partial charge >= 0.3 is 0 Å². The minimum atomic E-state index is 0.648. The van der Waals surface area contributed by atoms with E-state index in [0.717, 1.165) is 6.54 Å². The molecular weight excluding hydrogens is 210 g/mol. The summed E-state index contributed by atoms with van der Waals surface area (Å²) in [4.78, 5) is 9.19. The molecule has 2 aliphatic heterocycles. The van der Waals surface area contributed by atoms with Gasteiger partial charge < -0.3 is 4.90 Å². The van der Waals surface area contributed by atoms with Gasteiger partial charge in [-0.2, -0.15) is 0 Å². The Morgan fingerprint density at radius 2 is 2.06 bits per heavy atom. The van der Waals surface area contributed by atoms with Crippen molar-refractivity contribution in [3.8, 4) is 0 Å². The van der Waals surface area contributed by atoms with E-state index in [4.69, 9.17) is 0 Å². The third-order valence-electron chi connectivity index (χ3n) is 4.29. The average Bonchev–Trinajstić information content (AvgIpc) is 2.31. The van der Waals surface area contributed by atoms with E-state index in [1.54, 1.807) is 0 Å². The molecule has 3 rings (SSSR count). The Labute approximate surface area is 103 Å². The zero-order valence-corrected chi connectivity index (χ0v) is 10.6. The van der Waals surface area contributed by atoms with Gasteiger partial charge in [0.1, 0.15) is 0 Å². The lowest BCUT2D eigenvalue weighted by atomic mass is 9.72. The van der Waals surface area contributed by atoms with Crippen LogP contribution < -0.4 is 0 Å². The number of likely N-dealkylation sites (tertiary alicyclic amines) is 2.